The van der Waals surface area contributed by atoms with Crippen LogP contribution >= 0.6 is 0 Å². The molecule has 1 saturated heterocycles. The molecular weight excluding hydrogens is 546 g/mol. The minimum atomic E-state index is -1.08. The lowest BCUT2D eigenvalue weighted by atomic mass is 10.0. The Morgan fingerprint density at radius 2 is 1.60 bits per heavy atom. The van der Waals surface area contributed by atoms with E-state index in [1.807, 2.05) is 85.5 Å². The summed E-state index contributed by atoms with van der Waals surface area (Å²) in [6, 6.07) is 21.6. The quantitative estimate of drug-likeness (QED) is 0.343. The zero-order chi connectivity index (χ0) is 30.3. The van der Waals surface area contributed by atoms with Crippen LogP contribution < -0.4 is 10.1 Å². The number of esters is 1. The van der Waals surface area contributed by atoms with Crippen LogP contribution in [0.3, 0.4) is 0 Å². The molecule has 0 saturated carbocycles. The maximum atomic E-state index is 13.2. The molecule has 0 bridgehead atoms. The molecule has 3 aromatic carbocycles. The predicted molar refractivity (Wildman–Crippen MR) is 163 cm³/mol. The minimum Gasteiger partial charge on any atom is -0.488 e. The van der Waals surface area contributed by atoms with E-state index in [1.165, 1.54) is 7.11 Å². The van der Waals surface area contributed by atoms with Crippen molar-refractivity contribution >= 4 is 23.8 Å². The number of ether oxygens (including phenoxy) is 3. The smallest absolute Gasteiger partial charge is 0.410 e. The molecule has 9 nitrogen and oxygen atoms in total. The number of hydrogen-bond acceptors (Lipinski definition) is 6. The van der Waals surface area contributed by atoms with E-state index in [-0.39, 0.29) is 18.5 Å². The monoisotopic (exact) mass is 585 g/mol. The topological polar surface area (TPSA) is 97.4 Å². The number of para-hydroxylation sites is 1. The van der Waals surface area contributed by atoms with Crippen LogP contribution in [-0.4, -0.2) is 66.8 Å². The van der Waals surface area contributed by atoms with Crippen LogP contribution in [0.5, 0.6) is 5.75 Å². The molecule has 3 aromatic rings. The van der Waals surface area contributed by atoms with Crippen molar-refractivity contribution in [1.82, 2.24) is 9.80 Å². The summed E-state index contributed by atoms with van der Waals surface area (Å²) in [6.45, 7) is 5.86. The van der Waals surface area contributed by atoms with Crippen LogP contribution in [0.4, 0.5) is 15.3 Å². The molecule has 2 heterocycles. The van der Waals surface area contributed by atoms with E-state index in [4.69, 9.17) is 14.2 Å². The maximum absolute atomic E-state index is 13.2. The normalized spacial score (nSPS) is 16.0. The van der Waals surface area contributed by atoms with E-state index in [2.05, 4.69) is 5.32 Å². The molecule has 2 aliphatic heterocycles. The number of likely N-dealkylation sites (tertiary alicyclic amines) is 1. The molecule has 0 aromatic heterocycles. The lowest BCUT2D eigenvalue weighted by Crippen LogP contribution is -2.50. The van der Waals surface area contributed by atoms with Gasteiger partial charge in [-0.2, -0.15) is 0 Å². The molecule has 9 heteroatoms. The van der Waals surface area contributed by atoms with Crippen molar-refractivity contribution < 1.29 is 28.6 Å². The molecule has 0 spiro atoms. The van der Waals surface area contributed by atoms with E-state index in [1.54, 1.807) is 4.90 Å². The number of nitrogens with one attached hydrogen (secondary N) is 1. The summed E-state index contributed by atoms with van der Waals surface area (Å²) in [5.41, 5.74) is 5.76. The fourth-order valence-corrected chi connectivity index (χ4v) is 5.93. The molecule has 226 valence electrons. The highest BCUT2D eigenvalue weighted by Crippen LogP contribution is 2.28. The number of urea groups is 1. The van der Waals surface area contributed by atoms with Crippen LogP contribution in [0.1, 0.15) is 40.7 Å². The minimum absolute atomic E-state index is 0.0170. The zero-order valence-corrected chi connectivity index (χ0v) is 25.0. The fourth-order valence-electron chi connectivity index (χ4n) is 5.93. The summed E-state index contributed by atoms with van der Waals surface area (Å²) in [5.74, 6) is 0.188. The summed E-state index contributed by atoms with van der Waals surface area (Å²) in [4.78, 5) is 42.2. The van der Waals surface area contributed by atoms with Gasteiger partial charge < -0.3 is 29.3 Å². The molecule has 5 rings (SSSR count). The Balaban J connectivity index is 1.17. The summed E-state index contributed by atoms with van der Waals surface area (Å²) in [6.07, 6.45) is 0.578. The fraction of sp³-hybridized carbons (Fsp3) is 0.382. The number of fused-ring (bicyclic) bond motifs is 1. The number of anilines is 1. The number of aryl methyl sites for hydroxylation is 2. The second kappa shape index (κ2) is 13.6. The van der Waals surface area contributed by atoms with Gasteiger partial charge in [0.1, 0.15) is 12.4 Å². The number of methoxy groups -OCH3 is 1. The van der Waals surface area contributed by atoms with Gasteiger partial charge >= 0.3 is 18.1 Å². The van der Waals surface area contributed by atoms with E-state index in [0.717, 1.165) is 45.7 Å². The first-order chi connectivity index (χ1) is 20.8. The first-order valence-corrected chi connectivity index (χ1v) is 14.8. The Morgan fingerprint density at radius 3 is 2.30 bits per heavy atom. The van der Waals surface area contributed by atoms with Gasteiger partial charge in [0.25, 0.3) is 0 Å². The zero-order valence-electron chi connectivity index (χ0n) is 25.0. The average molecular weight is 586 g/mol. The largest absolute Gasteiger partial charge is 0.488 e. The molecule has 43 heavy (non-hydrogen) atoms. The van der Waals surface area contributed by atoms with E-state index < -0.39 is 18.2 Å². The third-order valence-electron chi connectivity index (χ3n) is 8.18. The van der Waals surface area contributed by atoms with Crippen LogP contribution in [0.25, 0.3) is 0 Å². The van der Waals surface area contributed by atoms with Crippen LogP contribution in [0, 0.1) is 13.8 Å². The van der Waals surface area contributed by atoms with E-state index >= 15 is 0 Å². The number of piperidine rings is 1. The molecule has 3 amide bonds. The van der Waals surface area contributed by atoms with Crippen LogP contribution in [0.15, 0.2) is 66.7 Å². The van der Waals surface area contributed by atoms with Crippen LogP contribution in [-0.2, 0) is 33.7 Å². The Kier molecular flexibility index (Phi) is 9.49. The lowest BCUT2D eigenvalue weighted by molar-refractivity contribution is -0.151. The molecule has 0 radical (unpaired) electrons. The molecule has 0 aliphatic carbocycles. The second-order valence-electron chi connectivity index (χ2n) is 11.2. The number of amides is 3. The van der Waals surface area contributed by atoms with Crippen molar-refractivity contribution in [1.29, 1.82) is 0 Å². The highest BCUT2D eigenvalue weighted by Gasteiger charge is 2.33. The summed E-state index contributed by atoms with van der Waals surface area (Å²) in [5, 5.41) is 3.02. The Labute approximate surface area is 252 Å². The third-order valence-corrected chi connectivity index (χ3v) is 8.18. The Bertz CT molecular complexity index is 1430. The first-order valence-electron chi connectivity index (χ1n) is 14.8. The van der Waals surface area contributed by atoms with Crippen molar-refractivity contribution in [2.75, 3.05) is 32.1 Å². The number of benzene rings is 3. The van der Waals surface area contributed by atoms with Gasteiger partial charge in [-0.3, -0.25) is 0 Å². The SMILES string of the molecule is COC(=O)C(Cc1cc(C)c(OCc2ccccc2)c(C)c1)OC(=O)N1CCC(N2CCc3ccccc3NC2=O)CC1. The summed E-state index contributed by atoms with van der Waals surface area (Å²) < 4.78 is 16.8. The average Bonchev–Trinajstić information content (AvgIpc) is 3.18. The van der Waals surface area contributed by atoms with Gasteiger partial charge in [-0.1, -0.05) is 60.7 Å². The second-order valence-corrected chi connectivity index (χ2v) is 11.2. The van der Waals surface area contributed by atoms with Gasteiger partial charge in [0.15, 0.2) is 0 Å². The first kappa shape index (κ1) is 29.9. The molecular formula is C34H39N3O6. The molecule has 2 aliphatic rings. The third kappa shape index (κ3) is 7.28. The highest BCUT2D eigenvalue weighted by molar-refractivity contribution is 5.91. The lowest BCUT2D eigenvalue weighted by Gasteiger charge is -2.37. The maximum Gasteiger partial charge on any atom is 0.410 e. The van der Waals surface area contributed by atoms with Crippen LogP contribution in [0.2, 0.25) is 0 Å². The predicted octanol–water partition coefficient (Wildman–Crippen LogP) is 5.66. The van der Waals surface area contributed by atoms with Gasteiger partial charge in [0.05, 0.1) is 7.11 Å². The van der Waals surface area contributed by atoms with E-state index in [9.17, 15) is 14.4 Å². The molecule has 1 fully saturated rings. The number of hydrogen-bond donors (Lipinski definition) is 1. The van der Waals surface area contributed by atoms with Crippen molar-refractivity contribution in [3.63, 3.8) is 0 Å². The highest BCUT2D eigenvalue weighted by atomic mass is 16.6. The van der Waals surface area contributed by atoms with Gasteiger partial charge in [0, 0.05) is 37.8 Å². The Hall–Kier alpha value is -4.53. The number of carbonyl (C=O) groups is 3. The van der Waals surface area contributed by atoms with E-state index in [0.29, 0.717) is 39.1 Å². The Morgan fingerprint density at radius 1 is 0.930 bits per heavy atom. The number of rotatable bonds is 8. The molecule has 1 atom stereocenters. The summed E-state index contributed by atoms with van der Waals surface area (Å²) in [7, 11) is 1.29. The van der Waals surface area contributed by atoms with Crippen molar-refractivity contribution in [2.45, 2.75) is 58.3 Å². The molecule has 1 N–H and O–H groups in total. The van der Waals surface area contributed by atoms with Crippen molar-refractivity contribution in [3.8, 4) is 5.75 Å². The number of nitrogens with zero attached hydrogens (tertiary/aromatic N) is 2. The van der Waals surface area contributed by atoms with Gasteiger partial charge in [-0.15, -0.1) is 0 Å². The standard InChI is InChI=1S/C34H39N3O6/c1-23-19-26(20-24(2)31(23)42-22-25-9-5-4-6-10-25)21-30(32(38)41-3)43-34(40)36-16-14-28(15-17-36)37-18-13-27-11-7-8-12-29(27)35-33(37)39/h4-12,19-20,28,30H,13-18,21-22H2,1-3H3,(H,35,39). The summed E-state index contributed by atoms with van der Waals surface area (Å²) >= 11 is 0. The number of carbonyl (C=O) groups excluding carboxylic acids is 3. The van der Waals surface area contributed by atoms with Crippen molar-refractivity contribution in [2.24, 2.45) is 0 Å². The van der Waals surface area contributed by atoms with Gasteiger partial charge in [-0.25, -0.2) is 14.4 Å². The molecule has 1 unspecified atom stereocenters. The van der Waals surface area contributed by atoms with Gasteiger partial charge in [0.2, 0.25) is 6.10 Å². The van der Waals surface area contributed by atoms with Crippen molar-refractivity contribution in [3.05, 3.63) is 94.5 Å². The van der Waals surface area contributed by atoms with Gasteiger partial charge in [-0.05, 0) is 67.0 Å².